The van der Waals surface area contributed by atoms with E-state index in [0.29, 0.717) is 31.9 Å². The van der Waals surface area contributed by atoms with Crippen LogP contribution in [0.25, 0.3) is 0 Å². The molecule has 3 rings (SSSR count). The molecule has 0 unspecified atom stereocenters. The van der Waals surface area contributed by atoms with Gasteiger partial charge in [0.15, 0.2) is 0 Å². The number of carbonyl (C=O) groups excluding carboxylic acids is 3. The highest BCUT2D eigenvalue weighted by molar-refractivity contribution is 6.39. The normalized spacial score (nSPS) is 18.0. The van der Waals surface area contributed by atoms with Crippen LogP contribution in [0.5, 0.6) is 0 Å². The zero-order valence-electron chi connectivity index (χ0n) is 14.3. The zero-order valence-corrected chi connectivity index (χ0v) is 14.3. The van der Waals surface area contributed by atoms with Crippen LogP contribution in [0.15, 0.2) is 24.3 Å². The number of piperazine rings is 1. The van der Waals surface area contributed by atoms with Crippen LogP contribution in [0.2, 0.25) is 0 Å². The van der Waals surface area contributed by atoms with Crippen molar-refractivity contribution in [2.24, 2.45) is 0 Å². The van der Waals surface area contributed by atoms with E-state index in [0.717, 1.165) is 25.2 Å². The van der Waals surface area contributed by atoms with Gasteiger partial charge in [-0.15, -0.1) is 0 Å². The molecule has 0 radical (unpaired) electrons. The Morgan fingerprint density at radius 2 is 1.52 bits per heavy atom. The number of piperidine rings is 1. The van der Waals surface area contributed by atoms with Crippen LogP contribution in [0.1, 0.15) is 19.3 Å². The molecule has 2 fully saturated rings. The minimum Gasteiger partial charge on any atom is -0.372 e. The SMILES string of the molecule is O=CN1CCN(C(=O)C(=O)Nc2ccc(N3CCCCC3)cc2)CC1. The van der Waals surface area contributed by atoms with Gasteiger partial charge in [-0.05, 0) is 43.5 Å². The van der Waals surface area contributed by atoms with Crippen molar-refractivity contribution in [2.75, 3.05) is 49.5 Å². The predicted molar refractivity (Wildman–Crippen MR) is 95.4 cm³/mol. The number of benzene rings is 1. The van der Waals surface area contributed by atoms with E-state index in [9.17, 15) is 14.4 Å². The Kier molecular flexibility index (Phi) is 5.53. The lowest BCUT2D eigenvalue weighted by Gasteiger charge is -2.32. The molecule has 7 heteroatoms. The van der Waals surface area contributed by atoms with Crippen molar-refractivity contribution < 1.29 is 14.4 Å². The van der Waals surface area contributed by atoms with E-state index in [1.54, 1.807) is 4.90 Å². The summed E-state index contributed by atoms with van der Waals surface area (Å²) >= 11 is 0. The van der Waals surface area contributed by atoms with E-state index >= 15 is 0 Å². The van der Waals surface area contributed by atoms with Gasteiger partial charge in [0.2, 0.25) is 6.41 Å². The minimum atomic E-state index is -0.634. The van der Waals surface area contributed by atoms with Gasteiger partial charge in [0.25, 0.3) is 0 Å². The molecular weight excluding hydrogens is 320 g/mol. The molecule has 1 aromatic carbocycles. The molecule has 0 aromatic heterocycles. The van der Waals surface area contributed by atoms with Crippen molar-refractivity contribution in [3.05, 3.63) is 24.3 Å². The van der Waals surface area contributed by atoms with Crippen molar-refractivity contribution in [1.82, 2.24) is 9.80 Å². The fraction of sp³-hybridized carbons (Fsp3) is 0.500. The third-order valence-corrected chi connectivity index (χ3v) is 4.79. The largest absolute Gasteiger partial charge is 0.372 e. The van der Waals surface area contributed by atoms with Gasteiger partial charge in [-0.2, -0.15) is 0 Å². The van der Waals surface area contributed by atoms with Crippen LogP contribution < -0.4 is 10.2 Å². The Bertz CT molecular complexity index is 618. The molecule has 3 amide bonds. The molecule has 134 valence electrons. The number of nitrogens with zero attached hydrogens (tertiary/aromatic N) is 3. The lowest BCUT2D eigenvalue weighted by atomic mass is 10.1. The molecule has 2 aliphatic rings. The highest BCUT2D eigenvalue weighted by Gasteiger charge is 2.25. The summed E-state index contributed by atoms with van der Waals surface area (Å²) in [6, 6.07) is 7.63. The summed E-state index contributed by atoms with van der Waals surface area (Å²) in [6.07, 6.45) is 4.48. The van der Waals surface area contributed by atoms with Gasteiger partial charge < -0.3 is 20.0 Å². The fourth-order valence-electron chi connectivity index (χ4n) is 3.27. The first-order valence-corrected chi connectivity index (χ1v) is 8.82. The molecule has 2 heterocycles. The quantitative estimate of drug-likeness (QED) is 0.654. The summed E-state index contributed by atoms with van der Waals surface area (Å²) in [6.45, 7) is 3.84. The summed E-state index contributed by atoms with van der Waals surface area (Å²) in [5, 5.41) is 2.66. The smallest absolute Gasteiger partial charge is 0.313 e. The van der Waals surface area contributed by atoms with Gasteiger partial charge in [-0.25, -0.2) is 0 Å². The Labute approximate surface area is 147 Å². The number of amides is 3. The van der Waals surface area contributed by atoms with Crippen LogP contribution in [0.3, 0.4) is 0 Å². The maximum atomic E-state index is 12.2. The number of nitrogens with one attached hydrogen (secondary N) is 1. The van der Waals surface area contributed by atoms with Gasteiger partial charge in [-0.1, -0.05) is 0 Å². The van der Waals surface area contributed by atoms with Crippen molar-refractivity contribution in [3.63, 3.8) is 0 Å². The maximum Gasteiger partial charge on any atom is 0.313 e. The molecule has 1 N–H and O–H groups in total. The van der Waals surface area contributed by atoms with Crippen LogP contribution in [0.4, 0.5) is 11.4 Å². The summed E-state index contributed by atoms with van der Waals surface area (Å²) in [5.74, 6) is -1.18. The predicted octanol–water partition coefficient (Wildman–Crippen LogP) is 0.916. The summed E-state index contributed by atoms with van der Waals surface area (Å²) in [4.78, 5) is 40.5. The molecule has 0 atom stereocenters. The Hall–Kier alpha value is -2.57. The molecule has 0 saturated carbocycles. The number of hydrogen-bond acceptors (Lipinski definition) is 4. The number of hydrogen-bond donors (Lipinski definition) is 1. The topological polar surface area (TPSA) is 73.0 Å². The minimum absolute atomic E-state index is 0.388. The van der Waals surface area contributed by atoms with Crippen LogP contribution in [0, 0.1) is 0 Å². The average Bonchev–Trinajstić information content (AvgIpc) is 2.68. The van der Waals surface area contributed by atoms with Gasteiger partial charge in [-0.3, -0.25) is 14.4 Å². The summed E-state index contributed by atoms with van der Waals surface area (Å²) in [7, 11) is 0. The van der Waals surface area contributed by atoms with Crippen molar-refractivity contribution in [2.45, 2.75) is 19.3 Å². The first-order chi connectivity index (χ1) is 12.2. The highest BCUT2D eigenvalue weighted by Crippen LogP contribution is 2.21. The molecule has 0 aliphatic carbocycles. The Balaban J connectivity index is 1.53. The molecule has 0 bridgehead atoms. The fourth-order valence-corrected chi connectivity index (χ4v) is 3.27. The summed E-state index contributed by atoms with van der Waals surface area (Å²) < 4.78 is 0. The second-order valence-electron chi connectivity index (χ2n) is 6.48. The van der Waals surface area contributed by atoms with Crippen LogP contribution >= 0.6 is 0 Å². The zero-order chi connectivity index (χ0) is 17.6. The van der Waals surface area contributed by atoms with Crippen molar-refractivity contribution in [1.29, 1.82) is 0 Å². The lowest BCUT2D eigenvalue weighted by Crippen LogP contribution is -2.51. The highest BCUT2D eigenvalue weighted by atomic mass is 16.2. The van der Waals surface area contributed by atoms with E-state index in [-0.39, 0.29) is 0 Å². The number of anilines is 2. The maximum absolute atomic E-state index is 12.2. The average molecular weight is 344 g/mol. The van der Waals surface area contributed by atoms with Gasteiger partial charge in [0, 0.05) is 50.6 Å². The monoisotopic (exact) mass is 344 g/mol. The lowest BCUT2D eigenvalue weighted by molar-refractivity contribution is -0.144. The molecule has 25 heavy (non-hydrogen) atoms. The number of rotatable bonds is 3. The van der Waals surface area contributed by atoms with E-state index < -0.39 is 11.8 Å². The van der Waals surface area contributed by atoms with Crippen LogP contribution in [-0.4, -0.2) is 67.3 Å². The van der Waals surface area contributed by atoms with Gasteiger partial charge >= 0.3 is 11.8 Å². The third kappa shape index (κ3) is 4.29. The van der Waals surface area contributed by atoms with Crippen molar-refractivity contribution in [3.8, 4) is 0 Å². The van der Waals surface area contributed by atoms with E-state index in [1.165, 1.54) is 24.2 Å². The second kappa shape index (κ2) is 8.00. The van der Waals surface area contributed by atoms with Crippen molar-refractivity contribution >= 4 is 29.6 Å². The third-order valence-electron chi connectivity index (χ3n) is 4.79. The van der Waals surface area contributed by atoms with Crippen LogP contribution in [-0.2, 0) is 14.4 Å². The molecule has 2 aliphatic heterocycles. The Morgan fingerprint density at radius 3 is 2.12 bits per heavy atom. The summed E-state index contributed by atoms with van der Waals surface area (Å²) in [5.41, 5.74) is 1.76. The van der Waals surface area contributed by atoms with E-state index in [1.807, 2.05) is 24.3 Å². The van der Waals surface area contributed by atoms with E-state index in [4.69, 9.17) is 0 Å². The first kappa shape index (κ1) is 17.3. The number of carbonyl (C=O) groups is 3. The first-order valence-electron chi connectivity index (χ1n) is 8.82. The Morgan fingerprint density at radius 1 is 0.880 bits per heavy atom. The molecule has 1 aromatic rings. The molecule has 2 saturated heterocycles. The van der Waals surface area contributed by atoms with E-state index in [2.05, 4.69) is 10.2 Å². The van der Waals surface area contributed by atoms with Gasteiger partial charge in [0.1, 0.15) is 0 Å². The van der Waals surface area contributed by atoms with Gasteiger partial charge in [0.05, 0.1) is 0 Å². The molecule has 7 nitrogen and oxygen atoms in total. The standard InChI is InChI=1S/C18H24N4O3/c23-14-20-10-12-22(13-11-20)18(25)17(24)19-15-4-6-16(7-5-15)21-8-2-1-3-9-21/h4-7,14H,1-3,8-13H2,(H,19,24). The molecular formula is C18H24N4O3. The second-order valence-corrected chi connectivity index (χ2v) is 6.48. The molecule has 0 spiro atoms.